The van der Waals surface area contributed by atoms with Crippen molar-refractivity contribution in [1.82, 2.24) is 4.90 Å². The van der Waals surface area contributed by atoms with E-state index >= 15 is 0 Å². The van der Waals surface area contributed by atoms with Crippen molar-refractivity contribution >= 4 is 5.97 Å². The summed E-state index contributed by atoms with van der Waals surface area (Å²) in [6.07, 6.45) is 4.68. The Kier molecular flexibility index (Phi) is 8.42. The highest BCUT2D eigenvalue weighted by Gasteiger charge is 2.61. The molecule has 0 unspecified atom stereocenters. The van der Waals surface area contributed by atoms with Crippen LogP contribution in [0.5, 0.6) is 5.75 Å². The van der Waals surface area contributed by atoms with Crippen LogP contribution in [0.3, 0.4) is 0 Å². The van der Waals surface area contributed by atoms with Gasteiger partial charge in [-0.05, 0) is 60.9 Å². The SMILES string of the molecule is COC(=O)[C@H]1CN2[C@@H](Cc3ccc(OC)cc3)[C@@H](OCc3ccccc3)[C@H]3C[C@@]2(CC[C@@H]3OCc2ccccc2)C1. The predicted octanol–water partition coefficient (Wildman–Crippen LogP) is 5.82. The molecule has 3 aromatic rings. The van der Waals surface area contributed by atoms with Gasteiger partial charge in [-0.3, -0.25) is 9.69 Å². The first-order chi connectivity index (χ1) is 20.1. The van der Waals surface area contributed by atoms with Crippen molar-refractivity contribution in [1.29, 1.82) is 0 Å². The zero-order valence-corrected chi connectivity index (χ0v) is 24.1. The van der Waals surface area contributed by atoms with Crippen LogP contribution in [0, 0.1) is 11.8 Å². The van der Waals surface area contributed by atoms with Gasteiger partial charge in [0, 0.05) is 24.0 Å². The lowest BCUT2D eigenvalue weighted by molar-refractivity contribution is -0.184. The van der Waals surface area contributed by atoms with Crippen molar-refractivity contribution in [3.05, 3.63) is 102 Å². The second-order valence-electron chi connectivity index (χ2n) is 11.9. The molecule has 1 saturated carbocycles. The van der Waals surface area contributed by atoms with Crippen LogP contribution in [-0.2, 0) is 38.6 Å². The van der Waals surface area contributed by atoms with Crippen molar-refractivity contribution in [3.8, 4) is 5.75 Å². The van der Waals surface area contributed by atoms with E-state index in [0.717, 1.165) is 37.9 Å². The first kappa shape index (κ1) is 28.0. The van der Waals surface area contributed by atoms with Crippen LogP contribution in [0.1, 0.15) is 42.4 Å². The normalized spacial score (nSPS) is 29.1. The molecule has 1 spiro atoms. The van der Waals surface area contributed by atoms with Gasteiger partial charge in [0.2, 0.25) is 0 Å². The fraction of sp³-hybridized carbons (Fsp3) is 0.457. The minimum Gasteiger partial charge on any atom is -0.497 e. The largest absolute Gasteiger partial charge is 0.497 e. The van der Waals surface area contributed by atoms with Gasteiger partial charge in [-0.15, -0.1) is 0 Å². The van der Waals surface area contributed by atoms with E-state index < -0.39 is 0 Å². The molecule has 1 aliphatic carbocycles. The maximum Gasteiger partial charge on any atom is 0.310 e. The number of benzene rings is 3. The molecule has 6 nitrogen and oxygen atoms in total. The Labute approximate surface area is 243 Å². The molecule has 0 N–H and O–H groups in total. The van der Waals surface area contributed by atoms with Crippen molar-refractivity contribution < 1.29 is 23.7 Å². The molecule has 2 heterocycles. The van der Waals surface area contributed by atoms with Gasteiger partial charge in [0.25, 0.3) is 0 Å². The van der Waals surface area contributed by atoms with Crippen LogP contribution < -0.4 is 4.74 Å². The Morgan fingerprint density at radius 3 is 2.12 bits per heavy atom. The third-order valence-electron chi connectivity index (χ3n) is 9.57. The minimum atomic E-state index is -0.117. The van der Waals surface area contributed by atoms with Gasteiger partial charge >= 0.3 is 5.97 Å². The molecule has 41 heavy (non-hydrogen) atoms. The molecule has 3 aliphatic rings. The maximum atomic E-state index is 12.8. The quantitative estimate of drug-likeness (QED) is 0.294. The molecule has 0 aromatic heterocycles. The molecular weight excluding hydrogens is 514 g/mol. The maximum absolute atomic E-state index is 12.8. The molecule has 6 rings (SSSR count). The van der Waals surface area contributed by atoms with E-state index in [0.29, 0.717) is 19.8 Å². The molecular formula is C35H41NO5. The van der Waals surface area contributed by atoms with E-state index in [4.69, 9.17) is 18.9 Å². The third-order valence-corrected chi connectivity index (χ3v) is 9.57. The standard InChI is InChI=1S/C35H41NO5/c1-38-29-15-13-25(14-16-29)19-31-33(41-24-27-11-7-4-8-12-27)30-21-35(20-28(22-36(31)35)34(37)39-2)18-17-32(30)40-23-26-9-5-3-6-10-26/h3-16,28,30-33H,17-24H2,1-2H3/t28-,30+,31+,32+,33+,35-/m1/s1. The number of methoxy groups -OCH3 is 2. The van der Waals surface area contributed by atoms with E-state index in [-0.39, 0.29) is 41.6 Å². The van der Waals surface area contributed by atoms with E-state index in [1.54, 1.807) is 7.11 Å². The monoisotopic (exact) mass is 555 g/mol. The lowest BCUT2D eigenvalue weighted by Gasteiger charge is -2.58. The van der Waals surface area contributed by atoms with Crippen molar-refractivity contribution in [3.63, 3.8) is 0 Å². The minimum absolute atomic E-state index is 0.0390. The summed E-state index contributed by atoms with van der Waals surface area (Å²) in [5.74, 6) is 0.863. The number of esters is 1. The van der Waals surface area contributed by atoms with E-state index in [1.807, 2.05) is 24.3 Å². The molecule has 3 fully saturated rings. The average Bonchev–Trinajstić information content (AvgIpc) is 3.40. The van der Waals surface area contributed by atoms with Gasteiger partial charge in [0.05, 0.1) is 45.6 Å². The fourth-order valence-electron chi connectivity index (χ4n) is 7.63. The van der Waals surface area contributed by atoms with Gasteiger partial charge < -0.3 is 18.9 Å². The molecule has 2 saturated heterocycles. The Balaban J connectivity index is 1.33. The fourth-order valence-corrected chi connectivity index (χ4v) is 7.63. The molecule has 0 amide bonds. The predicted molar refractivity (Wildman–Crippen MR) is 157 cm³/mol. The number of hydrogen-bond donors (Lipinski definition) is 0. The molecule has 3 aromatic carbocycles. The number of carbonyl (C=O) groups excluding carboxylic acids is 1. The third kappa shape index (κ3) is 5.92. The van der Waals surface area contributed by atoms with Crippen LogP contribution in [0.15, 0.2) is 84.9 Å². The number of carbonyl (C=O) groups is 1. The molecule has 216 valence electrons. The lowest BCUT2D eigenvalue weighted by atomic mass is 9.64. The van der Waals surface area contributed by atoms with Crippen LogP contribution >= 0.6 is 0 Å². The Morgan fingerprint density at radius 2 is 1.49 bits per heavy atom. The van der Waals surface area contributed by atoms with Crippen LogP contribution in [0.4, 0.5) is 0 Å². The summed E-state index contributed by atoms with van der Waals surface area (Å²) in [5.41, 5.74) is 3.55. The molecule has 6 atom stereocenters. The lowest BCUT2D eigenvalue weighted by Crippen LogP contribution is -2.67. The van der Waals surface area contributed by atoms with Crippen LogP contribution in [-0.4, -0.2) is 55.4 Å². The summed E-state index contributed by atoms with van der Waals surface area (Å²) >= 11 is 0. The summed E-state index contributed by atoms with van der Waals surface area (Å²) in [7, 11) is 3.20. The molecule has 2 bridgehead atoms. The highest BCUT2D eigenvalue weighted by atomic mass is 16.5. The van der Waals surface area contributed by atoms with E-state index in [1.165, 1.54) is 23.8 Å². The number of piperidine rings is 1. The van der Waals surface area contributed by atoms with Gasteiger partial charge in [0.1, 0.15) is 5.75 Å². The van der Waals surface area contributed by atoms with E-state index in [9.17, 15) is 4.79 Å². The Bertz CT molecular complexity index is 1280. The second-order valence-corrected chi connectivity index (χ2v) is 11.9. The van der Waals surface area contributed by atoms with Crippen LogP contribution in [0.25, 0.3) is 0 Å². The Hall–Kier alpha value is -3.19. The highest BCUT2D eigenvalue weighted by molar-refractivity contribution is 5.73. The van der Waals surface area contributed by atoms with Crippen LogP contribution in [0.2, 0.25) is 0 Å². The molecule has 2 aliphatic heterocycles. The van der Waals surface area contributed by atoms with Gasteiger partial charge in [-0.25, -0.2) is 0 Å². The van der Waals surface area contributed by atoms with Gasteiger partial charge in [-0.1, -0.05) is 72.8 Å². The summed E-state index contributed by atoms with van der Waals surface area (Å²) in [4.78, 5) is 15.5. The first-order valence-corrected chi connectivity index (χ1v) is 14.9. The summed E-state index contributed by atoms with van der Waals surface area (Å²) < 4.78 is 24.3. The summed E-state index contributed by atoms with van der Waals surface area (Å²) in [6, 6.07) is 29.3. The number of fused-ring (bicyclic) bond motifs is 1. The zero-order valence-electron chi connectivity index (χ0n) is 24.1. The second kappa shape index (κ2) is 12.4. The molecule has 6 heteroatoms. The van der Waals surface area contributed by atoms with Crippen molar-refractivity contribution in [2.24, 2.45) is 11.8 Å². The highest BCUT2D eigenvalue weighted by Crippen LogP contribution is 2.54. The summed E-state index contributed by atoms with van der Waals surface area (Å²) in [5, 5.41) is 0. The van der Waals surface area contributed by atoms with Gasteiger partial charge in [-0.2, -0.15) is 0 Å². The Morgan fingerprint density at radius 1 is 0.829 bits per heavy atom. The first-order valence-electron chi connectivity index (χ1n) is 14.9. The topological polar surface area (TPSA) is 57.2 Å². The number of nitrogens with zero attached hydrogens (tertiary/aromatic N) is 1. The number of hydrogen-bond acceptors (Lipinski definition) is 6. The molecule has 0 radical (unpaired) electrons. The smallest absolute Gasteiger partial charge is 0.310 e. The van der Waals surface area contributed by atoms with Crippen molar-refractivity contribution in [2.75, 3.05) is 20.8 Å². The van der Waals surface area contributed by atoms with Gasteiger partial charge in [0.15, 0.2) is 0 Å². The average molecular weight is 556 g/mol. The number of rotatable bonds is 10. The number of ether oxygens (including phenoxy) is 4. The van der Waals surface area contributed by atoms with E-state index in [2.05, 4.69) is 65.6 Å². The zero-order chi connectivity index (χ0) is 28.2. The van der Waals surface area contributed by atoms with Crippen molar-refractivity contribution in [2.45, 2.75) is 69.1 Å². The summed E-state index contributed by atoms with van der Waals surface area (Å²) in [6.45, 7) is 1.85.